The lowest BCUT2D eigenvalue weighted by Crippen LogP contribution is -1.79. The summed E-state index contributed by atoms with van der Waals surface area (Å²) in [6.07, 6.45) is 1.67. The SMILES string of the molecule is COc1ccc2oc[14cH]c2c1. The fourth-order valence-electron chi connectivity index (χ4n) is 1.07. The number of ether oxygens (including phenoxy) is 1. The van der Waals surface area contributed by atoms with Crippen LogP contribution in [0.15, 0.2) is 34.9 Å². The summed E-state index contributed by atoms with van der Waals surface area (Å²) < 4.78 is 10.2. The average molecular weight is 150 g/mol. The molecule has 0 atom stereocenters. The summed E-state index contributed by atoms with van der Waals surface area (Å²) in [7, 11) is 1.65. The monoisotopic (exact) mass is 150 g/mol. The summed E-state index contributed by atoms with van der Waals surface area (Å²) in [5.74, 6) is 0.860. The molecule has 1 aromatic carbocycles. The highest BCUT2D eigenvalue weighted by molar-refractivity contribution is 5.78. The van der Waals surface area contributed by atoms with E-state index in [4.69, 9.17) is 9.15 Å². The first-order chi connectivity index (χ1) is 5.40. The predicted octanol–water partition coefficient (Wildman–Crippen LogP) is 2.44. The summed E-state index contributed by atoms with van der Waals surface area (Å²) in [6.45, 7) is 0. The smallest absolute Gasteiger partial charge is 0.134 e. The molecule has 0 saturated heterocycles. The quantitative estimate of drug-likeness (QED) is 0.623. The Balaban J connectivity index is 2.67. The highest BCUT2D eigenvalue weighted by atomic mass is 16.5. The molecule has 2 rings (SSSR count). The molecule has 0 saturated carbocycles. The Bertz CT molecular complexity index is 362. The number of hydrogen-bond donors (Lipinski definition) is 0. The van der Waals surface area contributed by atoms with Gasteiger partial charge in [0.05, 0.1) is 13.4 Å². The molecule has 1 aromatic heterocycles. The van der Waals surface area contributed by atoms with Gasteiger partial charge >= 0.3 is 0 Å². The van der Waals surface area contributed by atoms with Gasteiger partial charge in [0.25, 0.3) is 0 Å². The van der Waals surface area contributed by atoms with Crippen LogP contribution in [0.25, 0.3) is 11.0 Å². The highest BCUT2D eigenvalue weighted by Gasteiger charge is 1.96. The number of fused-ring (bicyclic) bond motifs is 1. The summed E-state index contributed by atoms with van der Waals surface area (Å²) in [5, 5.41) is 1.07. The first kappa shape index (κ1) is 6.28. The van der Waals surface area contributed by atoms with Crippen molar-refractivity contribution in [2.45, 2.75) is 0 Å². The third-order valence-electron chi connectivity index (χ3n) is 1.66. The molecule has 0 N–H and O–H groups in total. The maximum Gasteiger partial charge on any atom is 0.134 e. The van der Waals surface area contributed by atoms with Crippen LogP contribution in [0, 0.1) is 0 Å². The van der Waals surface area contributed by atoms with Crippen LogP contribution < -0.4 is 4.74 Å². The van der Waals surface area contributed by atoms with Crippen LogP contribution in [0.4, 0.5) is 0 Å². The molecule has 56 valence electrons. The standard InChI is InChI=1S/C9H8O2/c1-10-8-2-3-9-7(6-8)4-5-11-9/h2-6H,1H3/i4+2. The van der Waals surface area contributed by atoms with Gasteiger partial charge in [-0.15, -0.1) is 0 Å². The minimum atomic E-state index is 0.860. The van der Waals surface area contributed by atoms with Crippen LogP contribution in [-0.2, 0) is 0 Å². The van der Waals surface area contributed by atoms with Crippen molar-refractivity contribution < 1.29 is 9.15 Å². The zero-order chi connectivity index (χ0) is 7.68. The molecule has 2 nitrogen and oxygen atoms in total. The maximum atomic E-state index is 5.16. The van der Waals surface area contributed by atoms with Gasteiger partial charge in [-0.05, 0) is 24.3 Å². The summed E-state index contributed by atoms with van der Waals surface area (Å²) in [5.41, 5.74) is 0.894. The zero-order valence-electron chi connectivity index (χ0n) is 6.20. The Kier molecular flexibility index (Phi) is 1.32. The summed E-state index contributed by atoms with van der Waals surface area (Å²) in [4.78, 5) is 0. The van der Waals surface area contributed by atoms with Crippen molar-refractivity contribution >= 4 is 11.0 Å². The van der Waals surface area contributed by atoms with E-state index in [0.717, 1.165) is 16.7 Å². The van der Waals surface area contributed by atoms with Crippen molar-refractivity contribution in [3.63, 3.8) is 0 Å². The molecule has 0 aliphatic heterocycles. The second-order valence-corrected chi connectivity index (χ2v) is 2.32. The Morgan fingerprint density at radius 3 is 3.18 bits per heavy atom. The van der Waals surface area contributed by atoms with Crippen LogP contribution in [0.5, 0.6) is 5.75 Å². The maximum absolute atomic E-state index is 5.16. The first-order valence-corrected chi connectivity index (χ1v) is 3.41. The summed E-state index contributed by atoms with van der Waals surface area (Å²) in [6, 6.07) is 7.64. The summed E-state index contributed by atoms with van der Waals surface area (Å²) >= 11 is 0. The molecule has 0 fully saturated rings. The van der Waals surface area contributed by atoms with E-state index in [1.807, 2.05) is 24.3 Å². The van der Waals surface area contributed by atoms with Crippen LogP contribution in [-0.4, -0.2) is 7.11 Å². The van der Waals surface area contributed by atoms with Crippen LogP contribution >= 0.6 is 0 Å². The topological polar surface area (TPSA) is 22.4 Å². The molecule has 0 bridgehead atoms. The highest BCUT2D eigenvalue weighted by Crippen LogP contribution is 2.20. The van der Waals surface area contributed by atoms with Gasteiger partial charge in [0, 0.05) is 5.39 Å². The number of benzene rings is 1. The second kappa shape index (κ2) is 2.31. The van der Waals surface area contributed by atoms with Gasteiger partial charge in [-0.2, -0.15) is 0 Å². The van der Waals surface area contributed by atoms with Gasteiger partial charge in [-0.3, -0.25) is 0 Å². The Morgan fingerprint density at radius 1 is 1.45 bits per heavy atom. The third kappa shape index (κ3) is 0.963. The van der Waals surface area contributed by atoms with Gasteiger partial charge in [0.2, 0.25) is 0 Å². The number of methoxy groups -OCH3 is 1. The van der Waals surface area contributed by atoms with Gasteiger partial charge in [0.1, 0.15) is 11.3 Å². The van der Waals surface area contributed by atoms with E-state index in [-0.39, 0.29) is 0 Å². The van der Waals surface area contributed by atoms with Crippen LogP contribution in [0.2, 0.25) is 0 Å². The van der Waals surface area contributed by atoms with Crippen molar-refractivity contribution in [2.24, 2.45) is 0 Å². The Labute approximate surface area is 64.4 Å². The molecular weight excluding hydrogens is 142 g/mol. The Hall–Kier alpha value is -1.44. The van der Waals surface area contributed by atoms with Crippen molar-refractivity contribution in [2.75, 3.05) is 7.11 Å². The first-order valence-electron chi connectivity index (χ1n) is 3.41. The van der Waals surface area contributed by atoms with Gasteiger partial charge < -0.3 is 9.15 Å². The van der Waals surface area contributed by atoms with Crippen molar-refractivity contribution in [1.82, 2.24) is 0 Å². The molecule has 2 heteroatoms. The van der Waals surface area contributed by atoms with Crippen molar-refractivity contribution in [3.8, 4) is 5.75 Å². The van der Waals surface area contributed by atoms with Crippen molar-refractivity contribution in [1.29, 1.82) is 0 Å². The normalized spacial score (nSPS) is 10.3. The largest absolute Gasteiger partial charge is 0.497 e. The van der Waals surface area contributed by atoms with Gasteiger partial charge in [-0.25, -0.2) is 0 Å². The average Bonchev–Trinajstić information content (AvgIpc) is 2.50. The molecule has 0 amide bonds. The number of hydrogen-bond acceptors (Lipinski definition) is 2. The lowest BCUT2D eigenvalue weighted by Gasteiger charge is -1.96. The van der Waals surface area contributed by atoms with Crippen molar-refractivity contribution in [3.05, 3.63) is 30.5 Å². The zero-order valence-corrected chi connectivity index (χ0v) is 6.20. The second-order valence-electron chi connectivity index (χ2n) is 2.32. The Morgan fingerprint density at radius 2 is 2.36 bits per heavy atom. The molecule has 0 spiro atoms. The lowest BCUT2D eigenvalue weighted by molar-refractivity contribution is 0.415. The predicted molar refractivity (Wildman–Crippen MR) is 42.8 cm³/mol. The van der Waals surface area contributed by atoms with Crippen LogP contribution in [0.1, 0.15) is 0 Å². The molecule has 0 radical (unpaired) electrons. The fraction of sp³-hybridized carbons (Fsp3) is 0.111. The molecule has 0 aliphatic rings. The van der Waals surface area contributed by atoms with E-state index in [1.165, 1.54) is 0 Å². The lowest BCUT2D eigenvalue weighted by atomic mass is 10.3. The van der Waals surface area contributed by atoms with E-state index in [1.54, 1.807) is 13.4 Å². The number of rotatable bonds is 1. The molecular formula is C9H8O2. The fourth-order valence-corrected chi connectivity index (χ4v) is 1.07. The molecule has 0 unspecified atom stereocenters. The third-order valence-corrected chi connectivity index (χ3v) is 1.66. The molecule has 0 aliphatic carbocycles. The minimum absolute atomic E-state index is 0.860. The molecule has 2 aromatic rings. The van der Waals surface area contributed by atoms with Crippen LogP contribution in [0.3, 0.4) is 0 Å². The van der Waals surface area contributed by atoms with E-state index >= 15 is 0 Å². The van der Waals surface area contributed by atoms with E-state index in [2.05, 4.69) is 0 Å². The van der Waals surface area contributed by atoms with Gasteiger partial charge in [0.15, 0.2) is 0 Å². The molecule has 11 heavy (non-hydrogen) atoms. The van der Waals surface area contributed by atoms with E-state index in [0.29, 0.717) is 0 Å². The molecule has 1 heterocycles. The van der Waals surface area contributed by atoms with Gasteiger partial charge in [-0.1, -0.05) is 0 Å². The van der Waals surface area contributed by atoms with E-state index in [9.17, 15) is 0 Å². The number of furan rings is 1. The van der Waals surface area contributed by atoms with E-state index < -0.39 is 0 Å². The minimum Gasteiger partial charge on any atom is -0.497 e.